The molecule has 0 unspecified atom stereocenters. The zero-order valence-corrected chi connectivity index (χ0v) is 15.9. The highest BCUT2D eigenvalue weighted by Crippen LogP contribution is 2.44. The van der Waals surface area contributed by atoms with Gasteiger partial charge in [-0.15, -0.1) is 0 Å². The van der Waals surface area contributed by atoms with Crippen molar-refractivity contribution in [2.24, 2.45) is 0 Å². The van der Waals surface area contributed by atoms with Crippen LogP contribution in [-0.2, 0) is 11.8 Å². The van der Waals surface area contributed by atoms with Crippen molar-refractivity contribution >= 4 is 5.95 Å². The SMILES string of the molecule is COc1ncccc1C(Cc1ccnc(N)n1)(c1cccnc1)c1cccnc1. The fourth-order valence-electron chi connectivity index (χ4n) is 3.67. The average molecular weight is 384 g/mol. The Morgan fingerprint density at radius 3 is 2.14 bits per heavy atom. The second-order valence-electron chi connectivity index (χ2n) is 6.53. The van der Waals surface area contributed by atoms with Crippen molar-refractivity contribution < 1.29 is 4.74 Å². The molecule has 0 atom stereocenters. The zero-order valence-electron chi connectivity index (χ0n) is 15.9. The van der Waals surface area contributed by atoms with Gasteiger partial charge in [-0.05, 0) is 35.4 Å². The van der Waals surface area contributed by atoms with Gasteiger partial charge in [0.1, 0.15) is 0 Å². The normalized spacial score (nSPS) is 11.2. The van der Waals surface area contributed by atoms with Crippen LogP contribution in [0.15, 0.2) is 79.6 Å². The van der Waals surface area contributed by atoms with Crippen LogP contribution in [0.25, 0.3) is 0 Å². The summed E-state index contributed by atoms with van der Waals surface area (Å²) in [6.07, 6.45) is 11.1. The van der Waals surface area contributed by atoms with Crippen molar-refractivity contribution in [3.63, 3.8) is 0 Å². The zero-order chi connectivity index (χ0) is 20.1. The molecule has 0 aliphatic heterocycles. The molecule has 0 aromatic carbocycles. The molecule has 7 nitrogen and oxygen atoms in total. The highest BCUT2D eigenvalue weighted by Gasteiger charge is 2.40. The Morgan fingerprint density at radius 2 is 1.55 bits per heavy atom. The summed E-state index contributed by atoms with van der Waals surface area (Å²) in [7, 11) is 1.62. The van der Waals surface area contributed by atoms with Crippen LogP contribution in [0, 0.1) is 0 Å². The predicted molar refractivity (Wildman–Crippen MR) is 109 cm³/mol. The maximum absolute atomic E-state index is 5.87. The second kappa shape index (κ2) is 8.02. The van der Waals surface area contributed by atoms with Gasteiger partial charge in [-0.25, -0.2) is 15.0 Å². The summed E-state index contributed by atoms with van der Waals surface area (Å²) in [5, 5.41) is 0. The van der Waals surface area contributed by atoms with E-state index in [0.717, 1.165) is 22.4 Å². The van der Waals surface area contributed by atoms with Gasteiger partial charge < -0.3 is 10.5 Å². The molecule has 144 valence electrons. The molecule has 0 saturated carbocycles. The van der Waals surface area contributed by atoms with Crippen LogP contribution >= 0.6 is 0 Å². The van der Waals surface area contributed by atoms with Crippen molar-refractivity contribution in [3.05, 3.63) is 102 Å². The minimum Gasteiger partial charge on any atom is -0.481 e. The summed E-state index contributed by atoms with van der Waals surface area (Å²) in [4.78, 5) is 21.7. The van der Waals surface area contributed by atoms with Gasteiger partial charge in [0.25, 0.3) is 0 Å². The summed E-state index contributed by atoms with van der Waals surface area (Å²) in [5.41, 5.74) is 8.79. The van der Waals surface area contributed by atoms with Crippen molar-refractivity contribution in [2.75, 3.05) is 12.8 Å². The summed E-state index contributed by atoms with van der Waals surface area (Å²) < 4.78 is 5.65. The lowest BCUT2D eigenvalue weighted by atomic mass is 9.67. The number of hydrogen-bond donors (Lipinski definition) is 1. The maximum atomic E-state index is 5.87. The van der Waals surface area contributed by atoms with E-state index in [9.17, 15) is 0 Å². The van der Waals surface area contributed by atoms with Crippen molar-refractivity contribution in [2.45, 2.75) is 11.8 Å². The van der Waals surface area contributed by atoms with E-state index in [1.807, 2.05) is 54.9 Å². The summed E-state index contributed by atoms with van der Waals surface area (Å²) in [5.74, 6) is 0.758. The van der Waals surface area contributed by atoms with E-state index >= 15 is 0 Å². The average Bonchev–Trinajstić information content (AvgIpc) is 2.79. The maximum Gasteiger partial charge on any atom is 0.220 e. The van der Waals surface area contributed by atoms with Crippen LogP contribution in [0.3, 0.4) is 0 Å². The van der Waals surface area contributed by atoms with Crippen LogP contribution in [-0.4, -0.2) is 32.0 Å². The molecule has 4 aromatic rings. The molecule has 0 bridgehead atoms. The number of hydrogen-bond acceptors (Lipinski definition) is 7. The topological polar surface area (TPSA) is 99.7 Å². The number of aromatic nitrogens is 5. The number of nitrogen functional groups attached to an aromatic ring is 1. The van der Waals surface area contributed by atoms with Gasteiger partial charge in [0, 0.05) is 54.9 Å². The highest BCUT2D eigenvalue weighted by molar-refractivity contribution is 5.53. The molecule has 0 aliphatic carbocycles. The Bertz CT molecular complexity index is 1050. The molecule has 29 heavy (non-hydrogen) atoms. The predicted octanol–water partition coefficient (Wildman–Crippen LogP) is 2.83. The first-order chi connectivity index (χ1) is 14.2. The van der Waals surface area contributed by atoms with Gasteiger partial charge in [-0.3, -0.25) is 9.97 Å². The standard InChI is InChI=1S/C22H20N6O/c1-29-20-19(7-4-11-26-20)22(16-5-2-9-24-14-16,17-6-3-10-25-15-17)13-18-8-12-27-21(23)28-18/h2-12,14-15H,13H2,1H3,(H2,23,27,28). The number of anilines is 1. The summed E-state index contributed by atoms with van der Waals surface area (Å²) in [6.45, 7) is 0. The molecule has 4 rings (SSSR count). The van der Waals surface area contributed by atoms with E-state index in [1.54, 1.807) is 31.9 Å². The molecule has 2 N–H and O–H groups in total. The number of ether oxygens (including phenoxy) is 1. The Hall–Kier alpha value is -3.87. The fourth-order valence-corrected chi connectivity index (χ4v) is 3.67. The number of nitrogens with two attached hydrogens (primary N) is 1. The van der Waals surface area contributed by atoms with Crippen molar-refractivity contribution in [1.29, 1.82) is 0 Å². The molecule has 0 fully saturated rings. The van der Waals surface area contributed by atoms with E-state index < -0.39 is 5.41 Å². The molecule has 0 radical (unpaired) electrons. The summed E-state index contributed by atoms with van der Waals surface area (Å²) in [6, 6.07) is 13.7. The molecule has 0 saturated heterocycles. The number of nitrogens with zero attached hydrogens (tertiary/aromatic N) is 5. The van der Waals surface area contributed by atoms with Crippen LogP contribution in [0.5, 0.6) is 5.88 Å². The van der Waals surface area contributed by atoms with Gasteiger partial charge >= 0.3 is 0 Å². The quantitative estimate of drug-likeness (QED) is 0.545. The van der Waals surface area contributed by atoms with Gasteiger partial charge in [0.15, 0.2) is 0 Å². The third-order valence-corrected chi connectivity index (χ3v) is 4.91. The summed E-state index contributed by atoms with van der Waals surface area (Å²) >= 11 is 0. The third kappa shape index (κ3) is 3.50. The minimum absolute atomic E-state index is 0.229. The first-order valence-corrected chi connectivity index (χ1v) is 9.12. The van der Waals surface area contributed by atoms with Gasteiger partial charge in [0.05, 0.1) is 12.5 Å². The van der Waals surface area contributed by atoms with E-state index in [2.05, 4.69) is 24.9 Å². The van der Waals surface area contributed by atoms with Crippen LogP contribution in [0.2, 0.25) is 0 Å². The smallest absolute Gasteiger partial charge is 0.220 e. The lowest BCUT2D eigenvalue weighted by molar-refractivity contribution is 0.383. The third-order valence-electron chi connectivity index (χ3n) is 4.91. The van der Waals surface area contributed by atoms with Gasteiger partial charge in [-0.1, -0.05) is 18.2 Å². The molecule has 4 heterocycles. The number of methoxy groups -OCH3 is 1. The Balaban J connectivity index is 2.05. The molecular formula is C22H20N6O. The van der Waals surface area contributed by atoms with E-state index in [0.29, 0.717) is 12.3 Å². The fraction of sp³-hybridized carbons (Fsp3) is 0.136. The Labute approximate surface area is 168 Å². The minimum atomic E-state index is -0.692. The molecule has 0 aliphatic rings. The Kier molecular flexibility index (Phi) is 5.11. The first kappa shape index (κ1) is 18.5. The largest absolute Gasteiger partial charge is 0.481 e. The molecule has 0 spiro atoms. The molecule has 0 amide bonds. The van der Waals surface area contributed by atoms with E-state index in [4.69, 9.17) is 10.5 Å². The van der Waals surface area contributed by atoms with E-state index in [1.165, 1.54) is 0 Å². The molecule has 4 aromatic heterocycles. The van der Waals surface area contributed by atoms with Crippen LogP contribution < -0.4 is 10.5 Å². The van der Waals surface area contributed by atoms with Crippen LogP contribution in [0.1, 0.15) is 22.4 Å². The lowest BCUT2D eigenvalue weighted by Gasteiger charge is -2.35. The Morgan fingerprint density at radius 1 is 0.862 bits per heavy atom. The monoisotopic (exact) mass is 384 g/mol. The number of rotatable bonds is 6. The van der Waals surface area contributed by atoms with Gasteiger partial charge in [-0.2, -0.15) is 0 Å². The second-order valence-corrected chi connectivity index (χ2v) is 6.53. The molecule has 7 heteroatoms. The molecular weight excluding hydrogens is 364 g/mol. The first-order valence-electron chi connectivity index (χ1n) is 9.12. The van der Waals surface area contributed by atoms with E-state index in [-0.39, 0.29) is 5.95 Å². The van der Waals surface area contributed by atoms with Crippen molar-refractivity contribution in [1.82, 2.24) is 24.9 Å². The van der Waals surface area contributed by atoms with Crippen LogP contribution in [0.4, 0.5) is 5.95 Å². The van der Waals surface area contributed by atoms with Crippen molar-refractivity contribution in [3.8, 4) is 5.88 Å². The highest BCUT2D eigenvalue weighted by atomic mass is 16.5. The van der Waals surface area contributed by atoms with Gasteiger partial charge in [0.2, 0.25) is 11.8 Å². The number of pyridine rings is 3. The lowest BCUT2D eigenvalue weighted by Crippen LogP contribution is -2.33.